The summed E-state index contributed by atoms with van der Waals surface area (Å²) in [6.45, 7) is 13.2. The summed E-state index contributed by atoms with van der Waals surface area (Å²) in [5, 5.41) is 0. The largest absolute Gasteiger partial charge is 0.234 e. The Morgan fingerprint density at radius 3 is 1.94 bits per heavy atom. The van der Waals surface area contributed by atoms with E-state index in [0.29, 0.717) is 0 Å². The zero-order valence-corrected chi connectivity index (χ0v) is 11.5. The van der Waals surface area contributed by atoms with Crippen molar-refractivity contribution in [2.75, 3.05) is 0 Å². The van der Waals surface area contributed by atoms with Crippen LogP contribution in [0.1, 0.15) is 46.5 Å². The molecule has 0 aromatic carbocycles. The normalized spacial score (nSPS) is 12.9. The Morgan fingerprint density at radius 2 is 1.62 bits per heavy atom. The average Bonchev–Trinajstić information content (AvgIpc) is 2.20. The molecule has 0 aliphatic heterocycles. The minimum absolute atomic E-state index is 0.284. The van der Waals surface area contributed by atoms with Crippen molar-refractivity contribution in [1.82, 2.24) is 0 Å². The van der Waals surface area contributed by atoms with Gasteiger partial charge >= 0.3 is 0 Å². The van der Waals surface area contributed by atoms with E-state index in [2.05, 4.69) is 17.6 Å². The van der Waals surface area contributed by atoms with Crippen LogP contribution in [0.25, 0.3) is 0 Å². The summed E-state index contributed by atoms with van der Waals surface area (Å²) >= 11 is 0. The van der Waals surface area contributed by atoms with Crippen LogP contribution < -0.4 is 0 Å². The SMILES string of the molecule is C=CCCC(CCC=C)=NS(=O)C(C)(C)C. The molecular weight excluding hydrogens is 218 g/mol. The standard InChI is InChI=1S/C13H23NOS/c1-6-8-10-12(11-9-7-2)14-16(15)13(3,4)5/h6-7H,1-2,8-11H2,3-5H3. The van der Waals surface area contributed by atoms with Gasteiger partial charge in [0.2, 0.25) is 0 Å². The molecule has 0 amide bonds. The van der Waals surface area contributed by atoms with E-state index in [-0.39, 0.29) is 4.75 Å². The maximum atomic E-state index is 11.9. The highest BCUT2D eigenvalue weighted by atomic mass is 32.2. The zero-order valence-electron chi connectivity index (χ0n) is 10.7. The lowest BCUT2D eigenvalue weighted by Crippen LogP contribution is -2.21. The van der Waals surface area contributed by atoms with Crippen LogP contribution in [0.4, 0.5) is 0 Å². The fourth-order valence-corrected chi connectivity index (χ4v) is 1.70. The van der Waals surface area contributed by atoms with Crippen molar-refractivity contribution >= 4 is 16.7 Å². The van der Waals surface area contributed by atoms with Crippen molar-refractivity contribution in [1.29, 1.82) is 0 Å². The highest BCUT2D eigenvalue weighted by Gasteiger charge is 2.19. The molecule has 0 saturated carbocycles. The Hall–Kier alpha value is -0.700. The molecule has 0 bridgehead atoms. The number of hydrogen-bond acceptors (Lipinski definition) is 1. The van der Waals surface area contributed by atoms with E-state index in [1.165, 1.54) is 0 Å². The Morgan fingerprint density at radius 1 is 1.19 bits per heavy atom. The third-order valence-corrected chi connectivity index (χ3v) is 3.48. The molecule has 16 heavy (non-hydrogen) atoms. The summed E-state index contributed by atoms with van der Waals surface area (Å²) in [6.07, 6.45) is 7.19. The molecular formula is C13H23NOS. The Kier molecular flexibility index (Phi) is 7.22. The van der Waals surface area contributed by atoms with Crippen LogP contribution in [0.3, 0.4) is 0 Å². The molecule has 0 spiro atoms. The number of nitrogens with zero attached hydrogens (tertiary/aromatic N) is 1. The molecule has 0 N–H and O–H groups in total. The molecule has 0 saturated heterocycles. The average molecular weight is 241 g/mol. The summed E-state index contributed by atoms with van der Waals surface area (Å²) in [5.74, 6) is 0. The first-order chi connectivity index (χ1) is 7.41. The van der Waals surface area contributed by atoms with Gasteiger partial charge in [0.05, 0.1) is 4.75 Å². The Labute approximate surface area is 102 Å². The lowest BCUT2D eigenvalue weighted by molar-refractivity contribution is 0.650. The van der Waals surface area contributed by atoms with Gasteiger partial charge in [-0.15, -0.1) is 13.2 Å². The molecule has 0 heterocycles. The van der Waals surface area contributed by atoms with Gasteiger partial charge in [-0.2, -0.15) is 4.40 Å². The molecule has 2 nitrogen and oxygen atoms in total. The minimum atomic E-state index is -1.15. The van der Waals surface area contributed by atoms with Gasteiger partial charge in [0, 0.05) is 5.71 Å². The van der Waals surface area contributed by atoms with Crippen molar-refractivity contribution in [3.63, 3.8) is 0 Å². The van der Waals surface area contributed by atoms with E-state index in [4.69, 9.17) is 0 Å². The van der Waals surface area contributed by atoms with E-state index < -0.39 is 11.0 Å². The van der Waals surface area contributed by atoms with Crippen LogP contribution in [0.2, 0.25) is 0 Å². The quantitative estimate of drug-likeness (QED) is 0.492. The molecule has 1 atom stereocenters. The summed E-state index contributed by atoms with van der Waals surface area (Å²) < 4.78 is 15.9. The number of rotatable bonds is 7. The summed E-state index contributed by atoms with van der Waals surface area (Å²) in [4.78, 5) is 0. The van der Waals surface area contributed by atoms with Crippen molar-refractivity contribution in [3.05, 3.63) is 25.3 Å². The Balaban J connectivity index is 4.58. The molecule has 0 aromatic heterocycles. The number of allylic oxidation sites excluding steroid dienone is 2. The van der Waals surface area contributed by atoms with Crippen LogP contribution in [-0.2, 0) is 11.0 Å². The predicted octanol–water partition coefficient (Wildman–Crippen LogP) is 3.82. The maximum absolute atomic E-state index is 11.9. The van der Waals surface area contributed by atoms with Crippen molar-refractivity contribution in [3.8, 4) is 0 Å². The molecule has 0 rings (SSSR count). The van der Waals surface area contributed by atoms with E-state index >= 15 is 0 Å². The van der Waals surface area contributed by atoms with Gasteiger partial charge in [0.1, 0.15) is 11.0 Å². The molecule has 1 unspecified atom stereocenters. The third-order valence-electron chi connectivity index (χ3n) is 2.01. The fourth-order valence-electron chi connectivity index (χ4n) is 1.01. The number of hydrogen-bond donors (Lipinski definition) is 0. The van der Waals surface area contributed by atoms with Crippen LogP contribution in [0.5, 0.6) is 0 Å². The van der Waals surface area contributed by atoms with E-state index in [1.807, 2.05) is 32.9 Å². The first-order valence-electron chi connectivity index (χ1n) is 5.62. The monoisotopic (exact) mass is 241 g/mol. The van der Waals surface area contributed by atoms with Crippen molar-refractivity contribution in [2.45, 2.75) is 51.2 Å². The first kappa shape index (κ1) is 15.3. The van der Waals surface area contributed by atoms with Gasteiger partial charge in [0.15, 0.2) is 0 Å². The lowest BCUT2D eigenvalue weighted by Gasteiger charge is -2.14. The van der Waals surface area contributed by atoms with Crippen molar-refractivity contribution < 1.29 is 4.21 Å². The van der Waals surface area contributed by atoms with Gasteiger partial charge in [-0.05, 0) is 46.5 Å². The summed E-state index contributed by atoms with van der Waals surface area (Å²) in [5.41, 5.74) is 1.01. The van der Waals surface area contributed by atoms with Gasteiger partial charge in [-0.25, -0.2) is 4.21 Å². The van der Waals surface area contributed by atoms with E-state index in [0.717, 1.165) is 31.4 Å². The second kappa shape index (κ2) is 7.55. The molecule has 3 heteroatoms. The Bertz CT molecular complexity index is 273. The van der Waals surface area contributed by atoms with Gasteiger partial charge in [-0.3, -0.25) is 0 Å². The molecule has 92 valence electrons. The first-order valence-corrected chi connectivity index (χ1v) is 6.72. The molecule has 0 aromatic rings. The van der Waals surface area contributed by atoms with Gasteiger partial charge < -0.3 is 0 Å². The molecule has 0 aliphatic carbocycles. The highest BCUT2D eigenvalue weighted by molar-refractivity contribution is 7.85. The fraction of sp³-hybridized carbons (Fsp3) is 0.615. The molecule has 0 fully saturated rings. The lowest BCUT2D eigenvalue weighted by atomic mass is 10.1. The predicted molar refractivity (Wildman–Crippen MR) is 74.2 cm³/mol. The van der Waals surface area contributed by atoms with Crippen molar-refractivity contribution in [2.24, 2.45) is 4.40 Å². The topological polar surface area (TPSA) is 29.4 Å². The second-order valence-electron chi connectivity index (χ2n) is 4.67. The van der Waals surface area contributed by atoms with E-state index in [9.17, 15) is 4.21 Å². The highest BCUT2D eigenvalue weighted by Crippen LogP contribution is 2.14. The van der Waals surface area contributed by atoms with Gasteiger partial charge in [-0.1, -0.05) is 12.2 Å². The summed E-state index contributed by atoms with van der Waals surface area (Å²) in [7, 11) is -1.15. The van der Waals surface area contributed by atoms with Crippen LogP contribution in [0.15, 0.2) is 29.7 Å². The third kappa shape index (κ3) is 6.72. The van der Waals surface area contributed by atoms with Crippen LogP contribution in [0, 0.1) is 0 Å². The smallest absolute Gasteiger partial charge is 0.144 e. The summed E-state index contributed by atoms with van der Waals surface area (Å²) in [6, 6.07) is 0. The van der Waals surface area contributed by atoms with Crippen LogP contribution in [-0.4, -0.2) is 14.7 Å². The maximum Gasteiger partial charge on any atom is 0.144 e. The van der Waals surface area contributed by atoms with Gasteiger partial charge in [0.25, 0.3) is 0 Å². The van der Waals surface area contributed by atoms with Crippen LogP contribution >= 0.6 is 0 Å². The second-order valence-corrected chi connectivity index (χ2v) is 6.58. The molecule has 0 radical (unpaired) electrons. The minimum Gasteiger partial charge on any atom is -0.234 e. The van der Waals surface area contributed by atoms with E-state index in [1.54, 1.807) is 0 Å². The molecule has 0 aliphatic rings. The zero-order chi connectivity index (χ0) is 12.6.